The van der Waals surface area contributed by atoms with E-state index in [1.165, 1.54) is 12.8 Å². The molecule has 0 aromatic rings. The molecule has 0 bridgehead atoms. The van der Waals surface area contributed by atoms with Gasteiger partial charge in [-0.15, -0.1) is 0 Å². The number of hydrogen-bond acceptors (Lipinski definition) is 1. The summed E-state index contributed by atoms with van der Waals surface area (Å²) in [5.41, 5.74) is 5.33. The van der Waals surface area contributed by atoms with Gasteiger partial charge in [-0.1, -0.05) is 32.6 Å². The zero-order chi connectivity index (χ0) is 8.91. The standard InChI is InChI=1S/C7H13.C3H8N.Mg/c1-7(2,3)6-4-5-6;1-2-3-4;/h6H,1,4-5H2,2-3H3;1-4H2;/q2*-1;+2. The van der Waals surface area contributed by atoms with Gasteiger partial charge in [0.15, 0.2) is 0 Å². The molecule has 1 saturated carbocycles. The van der Waals surface area contributed by atoms with Crippen molar-refractivity contribution in [1.82, 2.24) is 0 Å². The molecule has 0 heterocycles. The maximum atomic E-state index is 4.97. The minimum atomic E-state index is 0. The Balaban J connectivity index is 0. The largest absolute Gasteiger partial charge is 2.00 e. The fourth-order valence-electron chi connectivity index (χ4n) is 0.865. The van der Waals surface area contributed by atoms with Gasteiger partial charge >= 0.3 is 23.1 Å². The second-order valence-electron chi connectivity index (χ2n) is 3.91. The smallest absolute Gasteiger partial charge is 0.342 e. The third kappa shape index (κ3) is 8.82. The van der Waals surface area contributed by atoms with Crippen LogP contribution in [0.5, 0.6) is 0 Å². The Morgan fingerprint density at radius 1 is 1.42 bits per heavy atom. The maximum absolute atomic E-state index is 4.97. The zero-order valence-electron chi connectivity index (χ0n) is 8.60. The Kier molecular flexibility index (Phi) is 9.08. The van der Waals surface area contributed by atoms with E-state index in [0.717, 1.165) is 12.3 Å². The molecule has 1 aliphatic carbocycles. The van der Waals surface area contributed by atoms with Crippen LogP contribution in [-0.2, 0) is 0 Å². The zero-order valence-corrected chi connectivity index (χ0v) is 10.0. The molecule has 0 amide bonds. The first kappa shape index (κ1) is 15.2. The van der Waals surface area contributed by atoms with Crippen LogP contribution in [0.25, 0.3) is 0 Å². The van der Waals surface area contributed by atoms with Gasteiger partial charge in [-0.05, 0) is 6.54 Å². The van der Waals surface area contributed by atoms with Crippen molar-refractivity contribution in [1.29, 1.82) is 0 Å². The molecular formula is C10H21MgN. The third-order valence-electron chi connectivity index (χ3n) is 1.89. The summed E-state index contributed by atoms with van der Waals surface area (Å²) in [6, 6.07) is 0. The van der Waals surface area contributed by atoms with Crippen LogP contribution in [-0.4, -0.2) is 29.6 Å². The van der Waals surface area contributed by atoms with E-state index in [1.54, 1.807) is 0 Å². The van der Waals surface area contributed by atoms with Crippen molar-refractivity contribution in [2.24, 2.45) is 17.1 Å². The molecule has 0 saturated heterocycles. The molecule has 0 spiro atoms. The van der Waals surface area contributed by atoms with Gasteiger partial charge in [0.2, 0.25) is 0 Å². The molecule has 1 fully saturated rings. The Labute approximate surface area is 93.6 Å². The Hall–Kier alpha value is 0.726. The summed E-state index contributed by atoms with van der Waals surface area (Å²) < 4.78 is 0. The van der Waals surface area contributed by atoms with Crippen molar-refractivity contribution in [3.8, 4) is 0 Å². The monoisotopic (exact) mass is 179 g/mol. The van der Waals surface area contributed by atoms with Gasteiger partial charge in [-0.25, -0.2) is 0 Å². The Morgan fingerprint density at radius 3 is 1.75 bits per heavy atom. The Bertz CT molecular complexity index is 90.5. The molecule has 68 valence electrons. The molecule has 0 aromatic carbocycles. The first-order valence-electron chi connectivity index (χ1n) is 4.37. The minimum absolute atomic E-state index is 0. The minimum Gasteiger partial charge on any atom is -0.342 e. The van der Waals surface area contributed by atoms with Crippen LogP contribution in [0.1, 0.15) is 33.1 Å². The summed E-state index contributed by atoms with van der Waals surface area (Å²) in [4.78, 5) is 0. The first-order chi connectivity index (χ1) is 5.02. The van der Waals surface area contributed by atoms with Crippen LogP contribution >= 0.6 is 0 Å². The Morgan fingerprint density at radius 2 is 1.75 bits per heavy atom. The van der Waals surface area contributed by atoms with Crippen molar-refractivity contribution >= 4 is 23.1 Å². The van der Waals surface area contributed by atoms with E-state index < -0.39 is 0 Å². The number of nitrogens with two attached hydrogens (primary N) is 1. The summed E-state index contributed by atoms with van der Waals surface area (Å²) in [6.07, 6.45) is 3.67. The second-order valence-corrected chi connectivity index (χ2v) is 3.91. The van der Waals surface area contributed by atoms with Gasteiger partial charge in [-0.3, -0.25) is 0 Å². The summed E-state index contributed by atoms with van der Waals surface area (Å²) >= 11 is 0. The molecule has 0 aliphatic heterocycles. The third-order valence-corrected chi connectivity index (χ3v) is 1.89. The molecule has 0 radical (unpaired) electrons. The van der Waals surface area contributed by atoms with Gasteiger partial charge < -0.3 is 19.6 Å². The van der Waals surface area contributed by atoms with Crippen LogP contribution in [0.2, 0.25) is 0 Å². The average molecular weight is 180 g/mol. The van der Waals surface area contributed by atoms with Gasteiger partial charge in [-0.2, -0.15) is 11.8 Å². The van der Waals surface area contributed by atoms with Crippen molar-refractivity contribution in [3.05, 3.63) is 13.8 Å². The van der Waals surface area contributed by atoms with Crippen molar-refractivity contribution < 1.29 is 0 Å². The fourth-order valence-corrected chi connectivity index (χ4v) is 0.865. The van der Waals surface area contributed by atoms with Gasteiger partial charge in [0.25, 0.3) is 0 Å². The maximum Gasteiger partial charge on any atom is 2.00 e. The fraction of sp³-hybridized carbons (Fsp3) is 0.800. The molecule has 0 unspecified atom stereocenters. The van der Waals surface area contributed by atoms with Gasteiger partial charge in [0.1, 0.15) is 0 Å². The molecular weight excluding hydrogens is 158 g/mol. The first-order valence-corrected chi connectivity index (χ1v) is 4.37. The molecule has 0 aromatic heterocycles. The predicted molar refractivity (Wildman–Crippen MR) is 56.6 cm³/mol. The topological polar surface area (TPSA) is 26.0 Å². The van der Waals surface area contributed by atoms with E-state index in [9.17, 15) is 0 Å². The van der Waals surface area contributed by atoms with Gasteiger partial charge in [0, 0.05) is 0 Å². The van der Waals surface area contributed by atoms with Gasteiger partial charge in [0.05, 0.1) is 0 Å². The van der Waals surface area contributed by atoms with E-state index in [-0.39, 0.29) is 23.1 Å². The van der Waals surface area contributed by atoms with E-state index in [4.69, 9.17) is 5.73 Å². The van der Waals surface area contributed by atoms with Crippen LogP contribution in [0.3, 0.4) is 0 Å². The number of hydrogen-bond donors (Lipinski definition) is 1. The number of rotatable bonds is 2. The van der Waals surface area contributed by atoms with E-state index in [2.05, 4.69) is 27.7 Å². The summed E-state index contributed by atoms with van der Waals surface area (Å²) in [6.45, 7) is 12.6. The summed E-state index contributed by atoms with van der Waals surface area (Å²) in [5.74, 6) is 0.937. The van der Waals surface area contributed by atoms with Crippen LogP contribution in [0, 0.1) is 25.2 Å². The van der Waals surface area contributed by atoms with E-state index in [0.29, 0.717) is 12.0 Å². The summed E-state index contributed by atoms with van der Waals surface area (Å²) in [5, 5.41) is 0. The van der Waals surface area contributed by atoms with Crippen LogP contribution in [0.4, 0.5) is 0 Å². The molecule has 2 heteroatoms. The molecule has 1 aliphatic rings. The quantitative estimate of drug-likeness (QED) is 0.510. The molecule has 12 heavy (non-hydrogen) atoms. The van der Waals surface area contributed by atoms with Crippen molar-refractivity contribution in [2.45, 2.75) is 33.1 Å². The SMILES string of the molecule is [CH2-]C(C)(C)C1CC1.[CH2-]CCN.[Mg+2]. The predicted octanol–water partition coefficient (Wildman–Crippen LogP) is 2.05. The average Bonchev–Trinajstić information content (AvgIpc) is 2.67. The second kappa shape index (κ2) is 7.16. The van der Waals surface area contributed by atoms with Crippen LogP contribution < -0.4 is 5.73 Å². The molecule has 0 atom stereocenters. The van der Waals surface area contributed by atoms with Crippen LogP contribution in [0.15, 0.2) is 0 Å². The van der Waals surface area contributed by atoms with E-state index >= 15 is 0 Å². The van der Waals surface area contributed by atoms with Crippen molar-refractivity contribution in [2.75, 3.05) is 6.54 Å². The summed E-state index contributed by atoms with van der Waals surface area (Å²) in [7, 11) is 0. The van der Waals surface area contributed by atoms with Crippen molar-refractivity contribution in [3.63, 3.8) is 0 Å². The molecule has 1 nitrogen and oxygen atoms in total. The molecule has 2 N–H and O–H groups in total. The normalized spacial score (nSPS) is 15.8. The van der Waals surface area contributed by atoms with E-state index in [1.807, 2.05) is 0 Å². The molecule has 1 rings (SSSR count).